The number of ether oxygens (including phenoxy) is 1. The Bertz CT molecular complexity index is 251. The van der Waals surface area contributed by atoms with Crippen LogP contribution < -0.4 is 0 Å². The van der Waals surface area contributed by atoms with E-state index in [9.17, 15) is 4.79 Å². The van der Waals surface area contributed by atoms with Crippen molar-refractivity contribution in [1.82, 2.24) is 4.90 Å². The molecular weight excluding hydrogens is 226 g/mol. The average molecular weight is 255 g/mol. The fourth-order valence-electron chi connectivity index (χ4n) is 2.56. The molecule has 0 radical (unpaired) electrons. The molecule has 1 atom stereocenters. The Kier molecular flexibility index (Phi) is 6.87. The molecule has 3 nitrogen and oxygen atoms in total. The molecule has 1 rings (SSSR count). The van der Waals surface area contributed by atoms with E-state index in [2.05, 4.69) is 18.7 Å². The Morgan fingerprint density at radius 2 is 2.00 bits per heavy atom. The van der Waals surface area contributed by atoms with Gasteiger partial charge in [-0.3, -0.25) is 9.69 Å². The molecule has 0 aliphatic carbocycles. The molecule has 1 heterocycles. The minimum atomic E-state index is 0.135. The van der Waals surface area contributed by atoms with Gasteiger partial charge in [0.1, 0.15) is 5.78 Å². The summed E-state index contributed by atoms with van der Waals surface area (Å²) in [5, 5.41) is 0. The van der Waals surface area contributed by atoms with Crippen LogP contribution in [-0.2, 0) is 9.53 Å². The Morgan fingerprint density at radius 3 is 2.61 bits per heavy atom. The van der Waals surface area contributed by atoms with Crippen molar-refractivity contribution in [3.05, 3.63) is 0 Å². The zero-order valence-corrected chi connectivity index (χ0v) is 12.4. The summed E-state index contributed by atoms with van der Waals surface area (Å²) in [4.78, 5) is 14.0. The van der Waals surface area contributed by atoms with Gasteiger partial charge < -0.3 is 4.74 Å². The number of hydrogen-bond donors (Lipinski definition) is 0. The van der Waals surface area contributed by atoms with Crippen molar-refractivity contribution in [3.8, 4) is 0 Å². The normalized spacial score (nSPS) is 21.8. The van der Waals surface area contributed by atoms with Crippen LogP contribution in [0.4, 0.5) is 0 Å². The first-order chi connectivity index (χ1) is 8.52. The molecule has 1 aliphatic rings. The topological polar surface area (TPSA) is 29.5 Å². The van der Waals surface area contributed by atoms with Crippen LogP contribution in [0.25, 0.3) is 0 Å². The summed E-state index contributed by atoms with van der Waals surface area (Å²) in [6.45, 7) is 11.0. The van der Waals surface area contributed by atoms with Crippen LogP contribution in [0.1, 0.15) is 53.4 Å². The first kappa shape index (κ1) is 15.6. The Balaban J connectivity index is 2.22. The lowest BCUT2D eigenvalue weighted by atomic mass is 10.0. The highest BCUT2D eigenvalue weighted by Crippen LogP contribution is 2.19. The van der Waals surface area contributed by atoms with Crippen LogP contribution in [0, 0.1) is 5.92 Å². The maximum atomic E-state index is 11.5. The average Bonchev–Trinajstić information content (AvgIpc) is 2.34. The molecule has 1 unspecified atom stereocenters. The van der Waals surface area contributed by atoms with E-state index in [1.54, 1.807) is 0 Å². The first-order valence-corrected chi connectivity index (χ1v) is 7.38. The molecule has 1 aliphatic heterocycles. The van der Waals surface area contributed by atoms with Crippen molar-refractivity contribution < 1.29 is 9.53 Å². The molecule has 0 aromatic heterocycles. The van der Waals surface area contributed by atoms with Crippen LogP contribution in [0.3, 0.4) is 0 Å². The van der Waals surface area contributed by atoms with E-state index in [0.29, 0.717) is 30.9 Å². The third-order valence-corrected chi connectivity index (χ3v) is 3.78. The van der Waals surface area contributed by atoms with E-state index in [-0.39, 0.29) is 5.92 Å². The summed E-state index contributed by atoms with van der Waals surface area (Å²) in [6.07, 6.45) is 4.41. The number of Topliss-reactive ketones (excluding diaryl/α,β-unsaturated/α-hetero) is 1. The molecule has 1 saturated heterocycles. The molecule has 0 aromatic rings. The SMILES string of the molecule is CC(C)C(=O)CCOCC1CCCCN1C(C)C. The number of carbonyl (C=O) groups is 1. The van der Waals surface area contributed by atoms with Crippen molar-refractivity contribution in [2.24, 2.45) is 5.92 Å². The zero-order valence-electron chi connectivity index (χ0n) is 12.4. The number of carbonyl (C=O) groups excluding carboxylic acids is 1. The van der Waals surface area contributed by atoms with Crippen LogP contribution in [0.15, 0.2) is 0 Å². The van der Waals surface area contributed by atoms with Gasteiger partial charge >= 0.3 is 0 Å². The van der Waals surface area contributed by atoms with Crippen molar-refractivity contribution in [3.63, 3.8) is 0 Å². The molecule has 1 fully saturated rings. The van der Waals surface area contributed by atoms with Crippen molar-refractivity contribution in [2.45, 2.75) is 65.5 Å². The molecule has 0 amide bonds. The van der Waals surface area contributed by atoms with Gasteiger partial charge in [-0.05, 0) is 33.2 Å². The fraction of sp³-hybridized carbons (Fsp3) is 0.933. The highest BCUT2D eigenvalue weighted by atomic mass is 16.5. The number of piperidine rings is 1. The van der Waals surface area contributed by atoms with Crippen molar-refractivity contribution in [2.75, 3.05) is 19.8 Å². The van der Waals surface area contributed by atoms with Crippen LogP contribution >= 0.6 is 0 Å². The monoisotopic (exact) mass is 255 g/mol. The number of ketones is 1. The van der Waals surface area contributed by atoms with E-state index in [1.807, 2.05) is 13.8 Å². The van der Waals surface area contributed by atoms with E-state index < -0.39 is 0 Å². The molecular formula is C15H29NO2. The predicted molar refractivity (Wildman–Crippen MR) is 74.8 cm³/mol. The second-order valence-electron chi connectivity index (χ2n) is 5.93. The van der Waals surface area contributed by atoms with Gasteiger partial charge in [0.05, 0.1) is 13.2 Å². The molecule has 3 heteroatoms. The van der Waals surface area contributed by atoms with Crippen LogP contribution in [0.5, 0.6) is 0 Å². The van der Waals surface area contributed by atoms with Crippen LogP contribution in [0.2, 0.25) is 0 Å². The quantitative estimate of drug-likeness (QED) is 0.655. The lowest BCUT2D eigenvalue weighted by Crippen LogP contribution is -2.46. The number of likely N-dealkylation sites (tertiary alicyclic amines) is 1. The van der Waals surface area contributed by atoms with Gasteiger partial charge in [0.25, 0.3) is 0 Å². The summed E-state index contributed by atoms with van der Waals surface area (Å²) >= 11 is 0. The fourth-order valence-corrected chi connectivity index (χ4v) is 2.56. The summed E-state index contributed by atoms with van der Waals surface area (Å²) in [5.74, 6) is 0.440. The summed E-state index contributed by atoms with van der Waals surface area (Å²) in [6, 6.07) is 1.14. The van der Waals surface area contributed by atoms with Gasteiger partial charge in [0, 0.05) is 24.4 Å². The van der Waals surface area contributed by atoms with Crippen LogP contribution in [-0.4, -0.2) is 42.5 Å². The maximum Gasteiger partial charge on any atom is 0.137 e. The lowest BCUT2D eigenvalue weighted by Gasteiger charge is -2.38. The van der Waals surface area contributed by atoms with Gasteiger partial charge in [-0.2, -0.15) is 0 Å². The van der Waals surface area contributed by atoms with E-state index in [0.717, 1.165) is 6.61 Å². The largest absolute Gasteiger partial charge is 0.379 e. The molecule has 18 heavy (non-hydrogen) atoms. The third kappa shape index (κ3) is 5.07. The van der Waals surface area contributed by atoms with Gasteiger partial charge in [-0.15, -0.1) is 0 Å². The minimum absolute atomic E-state index is 0.135. The lowest BCUT2D eigenvalue weighted by molar-refractivity contribution is -0.123. The summed E-state index contributed by atoms with van der Waals surface area (Å²) in [7, 11) is 0. The highest BCUT2D eigenvalue weighted by Gasteiger charge is 2.24. The smallest absolute Gasteiger partial charge is 0.137 e. The van der Waals surface area contributed by atoms with Crippen molar-refractivity contribution >= 4 is 5.78 Å². The Labute approximate surface area is 112 Å². The number of nitrogens with zero attached hydrogens (tertiary/aromatic N) is 1. The minimum Gasteiger partial charge on any atom is -0.379 e. The predicted octanol–water partition coefficient (Wildman–Crippen LogP) is 2.88. The van der Waals surface area contributed by atoms with E-state index in [1.165, 1.54) is 25.8 Å². The number of rotatable bonds is 7. The Hall–Kier alpha value is -0.410. The van der Waals surface area contributed by atoms with E-state index in [4.69, 9.17) is 4.74 Å². The zero-order chi connectivity index (χ0) is 13.5. The molecule has 106 valence electrons. The van der Waals surface area contributed by atoms with Gasteiger partial charge in [-0.25, -0.2) is 0 Å². The van der Waals surface area contributed by atoms with Gasteiger partial charge in [0.2, 0.25) is 0 Å². The first-order valence-electron chi connectivity index (χ1n) is 7.38. The molecule has 0 spiro atoms. The standard InChI is InChI=1S/C15H29NO2/c1-12(2)15(17)8-10-18-11-14-7-5-6-9-16(14)13(3)4/h12-14H,5-11H2,1-4H3. The maximum absolute atomic E-state index is 11.5. The molecule has 0 N–H and O–H groups in total. The third-order valence-electron chi connectivity index (χ3n) is 3.78. The molecule has 0 aromatic carbocycles. The summed E-state index contributed by atoms with van der Waals surface area (Å²) in [5.41, 5.74) is 0. The van der Waals surface area contributed by atoms with Crippen molar-refractivity contribution in [1.29, 1.82) is 0 Å². The highest BCUT2D eigenvalue weighted by molar-refractivity contribution is 5.80. The van der Waals surface area contributed by atoms with Gasteiger partial charge in [0.15, 0.2) is 0 Å². The van der Waals surface area contributed by atoms with Gasteiger partial charge in [-0.1, -0.05) is 20.3 Å². The number of hydrogen-bond acceptors (Lipinski definition) is 3. The molecule has 0 saturated carbocycles. The second-order valence-corrected chi connectivity index (χ2v) is 5.93. The Morgan fingerprint density at radius 1 is 1.28 bits per heavy atom. The second kappa shape index (κ2) is 7.90. The molecule has 0 bridgehead atoms. The summed E-state index contributed by atoms with van der Waals surface area (Å²) < 4.78 is 5.71. The van der Waals surface area contributed by atoms with E-state index >= 15 is 0 Å².